The molecule has 0 N–H and O–H groups in total. The average molecular weight is 292 g/mol. The number of carbonyl (C=O) groups is 1. The van der Waals surface area contributed by atoms with E-state index < -0.39 is 5.60 Å². The van der Waals surface area contributed by atoms with Crippen molar-refractivity contribution in [2.24, 2.45) is 5.41 Å². The summed E-state index contributed by atoms with van der Waals surface area (Å²) in [6.07, 6.45) is 9.05. The fraction of sp³-hybridized carbons (Fsp3) is 0.706. The Bertz CT molecular complexity index is 516. The van der Waals surface area contributed by atoms with Crippen molar-refractivity contribution in [3.8, 4) is 0 Å². The average Bonchev–Trinajstić information content (AvgIpc) is 2.94. The third-order valence-electron chi connectivity index (χ3n) is 4.70. The van der Waals surface area contributed by atoms with Gasteiger partial charge in [-0.05, 0) is 63.9 Å². The molecule has 1 spiro atoms. The zero-order valence-corrected chi connectivity index (χ0v) is 13.6. The van der Waals surface area contributed by atoms with Gasteiger partial charge in [0, 0.05) is 10.3 Å². The van der Waals surface area contributed by atoms with Crippen LogP contribution in [0, 0.1) is 5.41 Å². The summed E-state index contributed by atoms with van der Waals surface area (Å²) in [4.78, 5) is 13.7. The first-order valence-corrected chi connectivity index (χ1v) is 8.59. The second-order valence-corrected chi connectivity index (χ2v) is 8.40. The third-order valence-corrected chi connectivity index (χ3v) is 5.73. The summed E-state index contributed by atoms with van der Waals surface area (Å²) in [6, 6.07) is 0. The van der Waals surface area contributed by atoms with Crippen molar-refractivity contribution in [1.29, 1.82) is 0 Å². The van der Waals surface area contributed by atoms with Gasteiger partial charge in [0.05, 0.1) is 5.56 Å². The summed E-state index contributed by atoms with van der Waals surface area (Å²) in [5.74, 6) is -0.141. The molecule has 110 valence electrons. The normalized spacial score (nSPS) is 20.9. The largest absolute Gasteiger partial charge is 0.456 e. The second-order valence-electron chi connectivity index (χ2n) is 7.44. The molecule has 0 aliphatic heterocycles. The van der Waals surface area contributed by atoms with E-state index in [1.165, 1.54) is 49.0 Å². The molecule has 2 aliphatic rings. The van der Waals surface area contributed by atoms with Crippen LogP contribution in [0.5, 0.6) is 0 Å². The maximum atomic E-state index is 12.3. The molecule has 20 heavy (non-hydrogen) atoms. The summed E-state index contributed by atoms with van der Waals surface area (Å²) in [5.41, 5.74) is 2.26. The number of esters is 1. The number of rotatable bonds is 1. The molecule has 2 nitrogen and oxygen atoms in total. The van der Waals surface area contributed by atoms with Gasteiger partial charge in [-0.2, -0.15) is 0 Å². The SMILES string of the molecule is CC(C)(C)OC(=O)c1csc2c1CCC1(CCCC1)C2. The van der Waals surface area contributed by atoms with Gasteiger partial charge in [0.2, 0.25) is 0 Å². The molecule has 3 rings (SSSR count). The van der Waals surface area contributed by atoms with E-state index in [0.717, 1.165) is 12.0 Å². The second kappa shape index (κ2) is 4.87. The molecule has 0 unspecified atom stereocenters. The monoisotopic (exact) mass is 292 g/mol. The smallest absolute Gasteiger partial charge is 0.339 e. The van der Waals surface area contributed by atoms with E-state index in [-0.39, 0.29) is 5.97 Å². The zero-order chi connectivity index (χ0) is 14.4. The van der Waals surface area contributed by atoms with Crippen LogP contribution < -0.4 is 0 Å². The summed E-state index contributed by atoms with van der Waals surface area (Å²) in [7, 11) is 0. The molecule has 3 heteroatoms. The first-order valence-electron chi connectivity index (χ1n) is 7.71. The maximum absolute atomic E-state index is 12.3. The fourth-order valence-electron chi connectivity index (χ4n) is 3.72. The van der Waals surface area contributed by atoms with Crippen molar-refractivity contribution >= 4 is 17.3 Å². The summed E-state index contributed by atoms with van der Waals surface area (Å²) in [5, 5.41) is 2.02. The number of hydrogen-bond acceptors (Lipinski definition) is 3. The van der Waals surface area contributed by atoms with Gasteiger partial charge in [0.25, 0.3) is 0 Å². The van der Waals surface area contributed by atoms with Gasteiger partial charge >= 0.3 is 5.97 Å². The minimum absolute atomic E-state index is 0.141. The predicted molar refractivity (Wildman–Crippen MR) is 82.4 cm³/mol. The fourth-order valence-corrected chi connectivity index (χ4v) is 4.96. The zero-order valence-electron chi connectivity index (χ0n) is 12.8. The van der Waals surface area contributed by atoms with E-state index >= 15 is 0 Å². The van der Waals surface area contributed by atoms with E-state index in [1.807, 2.05) is 26.2 Å². The Kier molecular flexibility index (Phi) is 3.44. The molecule has 1 aromatic rings. The van der Waals surface area contributed by atoms with Crippen molar-refractivity contribution in [3.63, 3.8) is 0 Å². The van der Waals surface area contributed by atoms with E-state index in [4.69, 9.17) is 4.74 Å². The van der Waals surface area contributed by atoms with Gasteiger partial charge < -0.3 is 4.74 Å². The molecule has 1 heterocycles. The van der Waals surface area contributed by atoms with Crippen molar-refractivity contribution in [1.82, 2.24) is 0 Å². The molecule has 0 radical (unpaired) electrons. The molecular weight excluding hydrogens is 268 g/mol. The van der Waals surface area contributed by atoms with Crippen LogP contribution in [0.25, 0.3) is 0 Å². The van der Waals surface area contributed by atoms with Crippen LogP contribution in [0.2, 0.25) is 0 Å². The van der Waals surface area contributed by atoms with Gasteiger partial charge in [0.15, 0.2) is 0 Å². The molecule has 0 bridgehead atoms. The topological polar surface area (TPSA) is 26.3 Å². The molecule has 0 saturated heterocycles. The minimum Gasteiger partial charge on any atom is -0.456 e. The third kappa shape index (κ3) is 2.65. The van der Waals surface area contributed by atoms with E-state index in [9.17, 15) is 4.79 Å². The van der Waals surface area contributed by atoms with E-state index in [1.54, 1.807) is 11.3 Å². The van der Waals surface area contributed by atoms with E-state index in [2.05, 4.69) is 0 Å². The molecule has 1 saturated carbocycles. The first-order chi connectivity index (χ1) is 9.39. The maximum Gasteiger partial charge on any atom is 0.339 e. The lowest BCUT2D eigenvalue weighted by atomic mass is 9.72. The Labute approximate surface area is 125 Å². The van der Waals surface area contributed by atoms with Gasteiger partial charge in [-0.15, -0.1) is 11.3 Å². The Balaban J connectivity index is 1.81. The molecule has 0 amide bonds. The van der Waals surface area contributed by atoms with Crippen molar-refractivity contribution in [2.75, 3.05) is 0 Å². The Morgan fingerprint density at radius 2 is 1.95 bits per heavy atom. The molecule has 2 aliphatic carbocycles. The standard InChI is InChI=1S/C17H24O2S/c1-16(2,3)19-15(18)13-11-20-14-10-17(7-4-5-8-17)9-6-12(13)14/h11H,4-10H2,1-3H3. The lowest BCUT2D eigenvalue weighted by Crippen LogP contribution is -2.27. The van der Waals surface area contributed by atoms with E-state index in [0.29, 0.717) is 5.41 Å². The summed E-state index contributed by atoms with van der Waals surface area (Å²) >= 11 is 1.77. The lowest BCUT2D eigenvalue weighted by Gasteiger charge is -2.33. The Morgan fingerprint density at radius 3 is 2.60 bits per heavy atom. The Hall–Kier alpha value is -0.830. The van der Waals surface area contributed by atoms with Crippen LogP contribution >= 0.6 is 11.3 Å². The highest BCUT2D eigenvalue weighted by Gasteiger charge is 2.39. The molecule has 1 fully saturated rings. The number of ether oxygens (including phenoxy) is 1. The molecular formula is C17H24O2S. The highest BCUT2D eigenvalue weighted by Crippen LogP contribution is 2.49. The highest BCUT2D eigenvalue weighted by atomic mass is 32.1. The van der Waals surface area contributed by atoms with Crippen LogP contribution in [0.4, 0.5) is 0 Å². The number of fused-ring (bicyclic) bond motifs is 1. The molecule has 1 aromatic heterocycles. The quantitative estimate of drug-likeness (QED) is 0.698. The van der Waals surface area contributed by atoms with Gasteiger partial charge in [-0.25, -0.2) is 4.79 Å². The lowest BCUT2D eigenvalue weighted by molar-refractivity contribution is 0.00682. The number of hydrogen-bond donors (Lipinski definition) is 0. The van der Waals surface area contributed by atoms with Crippen molar-refractivity contribution < 1.29 is 9.53 Å². The van der Waals surface area contributed by atoms with Crippen LogP contribution in [0.1, 0.15) is 73.7 Å². The predicted octanol–water partition coefficient (Wildman–Crippen LogP) is 4.75. The van der Waals surface area contributed by atoms with Gasteiger partial charge in [-0.1, -0.05) is 12.8 Å². The molecule has 0 aromatic carbocycles. The highest BCUT2D eigenvalue weighted by molar-refractivity contribution is 7.10. The van der Waals surface area contributed by atoms with Crippen molar-refractivity contribution in [3.05, 3.63) is 21.4 Å². The van der Waals surface area contributed by atoms with Crippen molar-refractivity contribution in [2.45, 2.75) is 71.3 Å². The van der Waals surface area contributed by atoms with Gasteiger partial charge in [0.1, 0.15) is 5.60 Å². The van der Waals surface area contributed by atoms with Gasteiger partial charge in [-0.3, -0.25) is 0 Å². The summed E-state index contributed by atoms with van der Waals surface area (Å²) in [6.45, 7) is 5.78. The molecule has 0 atom stereocenters. The number of thiophene rings is 1. The van der Waals surface area contributed by atoms with Crippen LogP contribution in [-0.4, -0.2) is 11.6 Å². The minimum atomic E-state index is -0.409. The number of carbonyl (C=O) groups excluding carboxylic acids is 1. The first kappa shape index (κ1) is 14.1. The van der Waals surface area contributed by atoms with Crippen LogP contribution in [-0.2, 0) is 17.6 Å². The summed E-state index contributed by atoms with van der Waals surface area (Å²) < 4.78 is 5.53. The van der Waals surface area contributed by atoms with Crippen LogP contribution in [0.3, 0.4) is 0 Å². The van der Waals surface area contributed by atoms with Crippen LogP contribution in [0.15, 0.2) is 5.38 Å². The Morgan fingerprint density at radius 1 is 1.25 bits per heavy atom.